The maximum absolute atomic E-state index is 12.2. The van der Waals surface area contributed by atoms with Crippen LogP contribution in [0.3, 0.4) is 0 Å². The highest BCUT2D eigenvalue weighted by Crippen LogP contribution is 2.16. The molecule has 0 bridgehead atoms. The Kier molecular flexibility index (Phi) is 38.9. The van der Waals surface area contributed by atoms with Gasteiger partial charge in [-0.25, -0.2) is 0 Å². The molecule has 1 atom stereocenters. The monoisotopic (exact) mass is 679 g/mol. The number of ether oxygens (including phenoxy) is 2. The lowest BCUT2D eigenvalue weighted by Crippen LogP contribution is -2.28. The van der Waals surface area contributed by atoms with E-state index in [0.29, 0.717) is 12.8 Å². The van der Waals surface area contributed by atoms with Gasteiger partial charge in [-0.05, 0) is 38.5 Å². The number of hydrogen-bond acceptors (Lipinski definition) is 5. The predicted octanol–water partition coefficient (Wildman–Crippen LogP) is 13.3. The lowest BCUT2D eigenvalue weighted by molar-refractivity contribution is -0.161. The summed E-state index contributed by atoms with van der Waals surface area (Å²) in [4.78, 5) is 24.3. The van der Waals surface area contributed by atoms with Crippen molar-refractivity contribution in [2.24, 2.45) is 0 Å². The van der Waals surface area contributed by atoms with E-state index >= 15 is 0 Å². The summed E-state index contributed by atoms with van der Waals surface area (Å²) in [6.45, 7) is 4.14. The maximum Gasteiger partial charge on any atom is 0.306 e. The Hall–Kier alpha value is -1.36. The first-order valence-electron chi connectivity index (χ1n) is 21.2. The van der Waals surface area contributed by atoms with Crippen LogP contribution in [-0.2, 0) is 19.1 Å². The average Bonchev–Trinajstić information content (AvgIpc) is 3.09. The highest BCUT2D eigenvalue weighted by atomic mass is 16.6. The van der Waals surface area contributed by atoms with Gasteiger partial charge < -0.3 is 14.6 Å². The van der Waals surface area contributed by atoms with Crippen molar-refractivity contribution in [2.75, 3.05) is 13.2 Å². The first kappa shape index (κ1) is 46.6. The number of aliphatic hydroxyl groups is 1. The standard InChI is InChI=1S/C43H82O5/c1-3-5-7-9-11-13-15-17-18-19-20-21-22-23-24-26-28-30-32-34-36-38-43(46)48-41(39-44)40-47-42(45)37-35-33-31-29-27-25-16-14-12-10-8-6-4-2/h14,16,41,44H,3-13,15,17-40H2,1-2H3/b16-14+/t41-/m0/s1. The van der Waals surface area contributed by atoms with Crippen LogP contribution in [0.15, 0.2) is 12.2 Å². The Bertz CT molecular complexity index is 691. The summed E-state index contributed by atoms with van der Waals surface area (Å²) in [7, 11) is 0. The van der Waals surface area contributed by atoms with Crippen molar-refractivity contribution in [3.63, 3.8) is 0 Å². The smallest absolute Gasteiger partial charge is 0.306 e. The van der Waals surface area contributed by atoms with Gasteiger partial charge in [0.1, 0.15) is 6.61 Å². The highest BCUT2D eigenvalue weighted by Gasteiger charge is 2.16. The summed E-state index contributed by atoms with van der Waals surface area (Å²) in [6, 6.07) is 0. The third-order valence-electron chi connectivity index (χ3n) is 9.56. The molecule has 5 nitrogen and oxygen atoms in total. The zero-order valence-corrected chi connectivity index (χ0v) is 32.3. The quantitative estimate of drug-likeness (QED) is 0.0398. The fourth-order valence-corrected chi connectivity index (χ4v) is 6.31. The average molecular weight is 679 g/mol. The second-order valence-corrected chi connectivity index (χ2v) is 14.4. The lowest BCUT2D eigenvalue weighted by atomic mass is 10.0. The third-order valence-corrected chi connectivity index (χ3v) is 9.56. The maximum atomic E-state index is 12.2. The molecule has 0 aromatic heterocycles. The third kappa shape index (κ3) is 37.5. The molecule has 0 spiro atoms. The first-order valence-corrected chi connectivity index (χ1v) is 21.2. The molecule has 0 unspecified atom stereocenters. The van der Waals surface area contributed by atoms with Crippen LogP contribution in [-0.4, -0.2) is 36.4 Å². The molecule has 0 aromatic carbocycles. The van der Waals surface area contributed by atoms with Crippen molar-refractivity contribution in [1.82, 2.24) is 0 Å². The van der Waals surface area contributed by atoms with E-state index in [0.717, 1.165) is 44.9 Å². The van der Waals surface area contributed by atoms with Crippen molar-refractivity contribution in [2.45, 2.75) is 238 Å². The molecular weight excluding hydrogens is 596 g/mol. The largest absolute Gasteiger partial charge is 0.462 e. The van der Waals surface area contributed by atoms with Crippen LogP contribution in [0.25, 0.3) is 0 Å². The number of carbonyl (C=O) groups is 2. The summed E-state index contributed by atoms with van der Waals surface area (Å²) in [6.07, 6.45) is 45.7. The SMILES string of the molecule is CCCCCC/C=C/CCCCCCCC(=O)OC[C@H](CO)OC(=O)CCCCCCCCCCCCCCCCCCCCCCC. The molecule has 48 heavy (non-hydrogen) atoms. The normalized spacial score (nSPS) is 12.1. The Morgan fingerprint density at radius 1 is 0.458 bits per heavy atom. The Morgan fingerprint density at radius 2 is 0.771 bits per heavy atom. The number of hydrogen-bond donors (Lipinski definition) is 1. The fourth-order valence-electron chi connectivity index (χ4n) is 6.31. The molecular formula is C43H82O5. The minimum absolute atomic E-state index is 0.0643. The van der Waals surface area contributed by atoms with Crippen molar-refractivity contribution in [3.8, 4) is 0 Å². The van der Waals surface area contributed by atoms with Gasteiger partial charge in [-0.15, -0.1) is 0 Å². The zero-order chi connectivity index (χ0) is 35.0. The number of rotatable bonds is 39. The summed E-state index contributed by atoms with van der Waals surface area (Å²) >= 11 is 0. The summed E-state index contributed by atoms with van der Waals surface area (Å²) in [5.74, 6) is -0.589. The molecule has 0 rings (SSSR count). The molecule has 0 amide bonds. The Balaban J connectivity index is 3.47. The number of esters is 2. The highest BCUT2D eigenvalue weighted by molar-refractivity contribution is 5.70. The Morgan fingerprint density at radius 3 is 1.15 bits per heavy atom. The molecule has 5 heteroatoms. The molecule has 0 saturated carbocycles. The topological polar surface area (TPSA) is 72.8 Å². The van der Waals surface area contributed by atoms with Crippen molar-refractivity contribution < 1.29 is 24.2 Å². The van der Waals surface area contributed by atoms with Gasteiger partial charge in [0.25, 0.3) is 0 Å². The fraction of sp³-hybridized carbons (Fsp3) is 0.907. The van der Waals surface area contributed by atoms with E-state index in [1.807, 2.05) is 0 Å². The van der Waals surface area contributed by atoms with Gasteiger partial charge in [0, 0.05) is 12.8 Å². The molecule has 0 aliphatic carbocycles. The minimum atomic E-state index is -0.768. The van der Waals surface area contributed by atoms with Gasteiger partial charge in [-0.1, -0.05) is 193 Å². The van der Waals surface area contributed by atoms with Crippen LogP contribution >= 0.6 is 0 Å². The number of allylic oxidation sites excluding steroid dienone is 2. The first-order chi connectivity index (χ1) is 23.6. The second kappa shape index (κ2) is 40.1. The molecule has 0 heterocycles. The van der Waals surface area contributed by atoms with E-state index < -0.39 is 6.10 Å². The van der Waals surface area contributed by atoms with Gasteiger partial charge in [0.05, 0.1) is 6.61 Å². The molecule has 0 radical (unpaired) electrons. The van der Waals surface area contributed by atoms with Crippen LogP contribution in [0.5, 0.6) is 0 Å². The van der Waals surface area contributed by atoms with Gasteiger partial charge in [0.15, 0.2) is 6.10 Å². The van der Waals surface area contributed by atoms with Gasteiger partial charge in [-0.2, -0.15) is 0 Å². The predicted molar refractivity (Wildman–Crippen MR) is 205 cm³/mol. The molecule has 284 valence electrons. The van der Waals surface area contributed by atoms with E-state index in [1.165, 1.54) is 161 Å². The van der Waals surface area contributed by atoms with Crippen LogP contribution < -0.4 is 0 Å². The molecule has 0 fully saturated rings. The van der Waals surface area contributed by atoms with Gasteiger partial charge in [-0.3, -0.25) is 9.59 Å². The molecule has 0 aromatic rings. The van der Waals surface area contributed by atoms with Crippen LogP contribution in [0, 0.1) is 0 Å². The van der Waals surface area contributed by atoms with Crippen LogP contribution in [0.4, 0.5) is 0 Å². The zero-order valence-electron chi connectivity index (χ0n) is 32.3. The van der Waals surface area contributed by atoms with E-state index in [9.17, 15) is 14.7 Å². The number of unbranched alkanes of at least 4 members (excludes halogenated alkanes) is 29. The van der Waals surface area contributed by atoms with E-state index in [-0.39, 0.29) is 25.2 Å². The summed E-state index contributed by atoms with van der Waals surface area (Å²) < 4.78 is 10.6. The second-order valence-electron chi connectivity index (χ2n) is 14.4. The van der Waals surface area contributed by atoms with E-state index in [2.05, 4.69) is 26.0 Å². The van der Waals surface area contributed by atoms with Crippen molar-refractivity contribution in [3.05, 3.63) is 12.2 Å². The van der Waals surface area contributed by atoms with E-state index in [4.69, 9.17) is 9.47 Å². The van der Waals surface area contributed by atoms with Gasteiger partial charge >= 0.3 is 11.9 Å². The number of aliphatic hydroxyl groups excluding tert-OH is 1. The van der Waals surface area contributed by atoms with Crippen LogP contribution in [0.1, 0.15) is 232 Å². The van der Waals surface area contributed by atoms with Crippen molar-refractivity contribution >= 4 is 11.9 Å². The summed E-state index contributed by atoms with van der Waals surface area (Å²) in [5, 5.41) is 9.56. The Labute approximate surface area is 299 Å². The van der Waals surface area contributed by atoms with Crippen LogP contribution in [0.2, 0.25) is 0 Å². The summed E-state index contributed by atoms with van der Waals surface area (Å²) in [5.41, 5.74) is 0. The molecule has 0 aliphatic heterocycles. The molecule has 0 aliphatic rings. The van der Waals surface area contributed by atoms with Gasteiger partial charge in [0.2, 0.25) is 0 Å². The van der Waals surface area contributed by atoms with Crippen molar-refractivity contribution in [1.29, 1.82) is 0 Å². The molecule has 0 saturated heterocycles. The molecule has 1 N–H and O–H groups in total. The number of carbonyl (C=O) groups excluding carboxylic acids is 2. The minimum Gasteiger partial charge on any atom is -0.462 e. The van der Waals surface area contributed by atoms with E-state index in [1.54, 1.807) is 0 Å². The lowest BCUT2D eigenvalue weighted by Gasteiger charge is -2.15.